The molecule has 21 heavy (non-hydrogen) atoms. The average molecular weight is 305 g/mol. The Balaban J connectivity index is 1.83. The summed E-state index contributed by atoms with van der Waals surface area (Å²) in [6.45, 7) is 1.35. The second-order valence-electron chi connectivity index (χ2n) is 4.98. The molecule has 1 amide bonds. The second kappa shape index (κ2) is 5.84. The van der Waals surface area contributed by atoms with Crippen LogP contribution in [-0.2, 0) is 6.54 Å². The van der Waals surface area contributed by atoms with Gasteiger partial charge in [0.25, 0.3) is 5.91 Å². The highest BCUT2D eigenvalue weighted by atomic mass is 35.5. The molecule has 2 N–H and O–H groups in total. The Kier molecular flexibility index (Phi) is 3.90. The number of carbonyl (C=O) groups is 1. The van der Waals surface area contributed by atoms with Gasteiger partial charge in [-0.1, -0.05) is 23.7 Å². The van der Waals surface area contributed by atoms with Gasteiger partial charge in [0, 0.05) is 23.7 Å². The molecule has 2 aromatic carbocycles. The van der Waals surface area contributed by atoms with Crippen LogP contribution in [0.4, 0.5) is 4.39 Å². The van der Waals surface area contributed by atoms with Crippen molar-refractivity contribution in [3.05, 3.63) is 70.0 Å². The molecule has 108 valence electrons. The van der Waals surface area contributed by atoms with E-state index in [4.69, 9.17) is 11.6 Å². The zero-order valence-electron chi connectivity index (χ0n) is 11.2. The molecule has 1 atom stereocenters. The Bertz CT molecular complexity index is 672. The quantitative estimate of drug-likeness (QED) is 0.895. The maximum absolute atomic E-state index is 12.9. The number of carbonyl (C=O) groups excluding carboxylic acids is 1. The summed E-state index contributed by atoms with van der Waals surface area (Å²) in [6, 6.07) is 11.0. The van der Waals surface area contributed by atoms with Crippen molar-refractivity contribution in [2.75, 3.05) is 6.54 Å². The molecule has 3 rings (SSSR count). The van der Waals surface area contributed by atoms with Crippen molar-refractivity contribution >= 4 is 17.5 Å². The average Bonchev–Trinajstić information content (AvgIpc) is 2.48. The van der Waals surface area contributed by atoms with Gasteiger partial charge in [-0.2, -0.15) is 0 Å². The molecule has 3 nitrogen and oxygen atoms in total. The molecular weight excluding hydrogens is 291 g/mol. The Labute approximate surface area is 127 Å². The van der Waals surface area contributed by atoms with Crippen LogP contribution in [0.3, 0.4) is 0 Å². The van der Waals surface area contributed by atoms with Gasteiger partial charge in [-0.15, -0.1) is 0 Å². The summed E-state index contributed by atoms with van der Waals surface area (Å²) >= 11 is 6.26. The van der Waals surface area contributed by atoms with Crippen LogP contribution < -0.4 is 10.6 Å². The van der Waals surface area contributed by atoms with Crippen LogP contribution in [-0.4, -0.2) is 12.5 Å². The van der Waals surface area contributed by atoms with Gasteiger partial charge in [-0.3, -0.25) is 4.79 Å². The van der Waals surface area contributed by atoms with Crippen LogP contribution >= 0.6 is 11.6 Å². The first-order chi connectivity index (χ1) is 10.1. The molecule has 0 aromatic heterocycles. The topological polar surface area (TPSA) is 41.1 Å². The lowest BCUT2D eigenvalue weighted by atomic mass is 9.96. The lowest BCUT2D eigenvalue weighted by Crippen LogP contribution is -2.39. The molecule has 5 heteroatoms. The van der Waals surface area contributed by atoms with Crippen LogP contribution in [0.1, 0.15) is 27.5 Å². The van der Waals surface area contributed by atoms with Crippen LogP contribution in [0.2, 0.25) is 5.02 Å². The van der Waals surface area contributed by atoms with Gasteiger partial charge in [0.1, 0.15) is 5.82 Å². The standard InChI is InChI=1S/C16H14ClFN2O/c17-13-3-1-2-11-8-19-9-14(15(11)13)20-16(21)10-4-6-12(18)7-5-10/h1-7,14,19H,8-9H2,(H,20,21). The molecule has 1 aliphatic rings. The second-order valence-corrected chi connectivity index (χ2v) is 5.38. The van der Waals surface area contributed by atoms with E-state index in [0.717, 1.165) is 17.7 Å². The van der Waals surface area contributed by atoms with Crippen molar-refractivity contribution in [2.45, 2.75) is 12.6 Å². The van der Waals surface area contributed by atoms with Gasteiger partial charge in [-0.05, 0) is 41.5 Å². The summed E-state index contributed by atoms with van der Waals surface area (Å²) in [5, 5.41) is 6.85. The molecule has 0 radical (unpaired) electrons. The molecule has 2 aromatic rings. The monoisotopic (exact) mass is 304 g/mol. The highest BCUT2D eigenvalue weighted by molar-refractivity contribution is 6.31. The Morgan fingerprint density at radius 2 is 2.00 bits per heavy atom. The highest BCUT2D eigenvalue weighted by Crippen LogP contribution is 2.29. The summed E-state index contributed by atoms with van der Waals surface area (Å²) < 4.78 is 12.9. The molecule has 1 unspecified atom stereocenters. The zero-order chi connectivity index (χ0) is 14.8. The smallest absolute Gasteiger partial charge is 0.251 e. The Hall–Kier alpha value is -1.91. The maximum Gasteiger partial charge on any atom is 0.251 e. The molecule has 0 bridgehead atoms. The molecule has 0 saturated heterocycles. The van der Waals surface area contributed by atoms with Crippen molar-refractivity contribution < 1.29 is 9.18 Å². The number of fused-ring (bicyclic) bond motifs is 1. The first-order valence-corrected chi connectivity index (χ1v) is 7.07. The number of rotatable bonds is 2. The molecule has 0 fully saturated rings. The summed E-state index contributed by atoms with van der Waals surface area (Å²) in [5.41, 5.74) is 2.46. The van der Waals surface area contributed by atoms with E-state index in [1.54, 1.807) is 0 Å². The number of hydrogen-bond acceptors (Lipinski definition) is 2. The number of nitrogens with one attached hydrogen (secondary N) is 2. The van der Waals surface area contributed by atoms with Gasteiger partial charge in [-0.25, -0.2) is 4.39 Å². The number of hydrogen-bond donors (Lipinski definition) is 2. The highest BCUT2D eigenvalue weighted by Gasteiger charge is 2.24. The Morgan fingerprint density at radius 3 is 2.76 bits per heavy atom. The fourth-order valence-corrected chi connectivity index (χ4v) is 2.87. The van der Waals surface area contributed by atoms with E-state index in [1.807, 2.05) is 18.2 Å². The van der Waals surface area contributed by atoms with Crippen LogP contribution in [0.5, 0.6) is 0 Å². The van der Waals surface area contributed by atoms with Crippen LogP contribution in [0.25, 0.3) is 0 Å². The lowest BCUT2D eigenvalue weighted by Gasteiger charge is -2.28. The SMILES string of the molecule is O=C(NC1CNCc2cccc(Cl)c21)c1ccc(F)cc1. The third-order valence-electron chi connectivity index (χ3n) is 3.57. The van der Waals surface area contributed by atoms with Crippen molar-refractivity contribution in [1.82, 2.24) is 10.6 Å². The van der Waals surface area contributed by atoms with E-state index in [2.05, 4.69) is 10.6 Å². The van der Waals surface area contributed by atoms with Gasteiger partial charge in [0.05, 0.1) is 6.04 Å². The normalized spacial score (nSPS) is 17.1. The largest absolute Gasteiger partial charge is 0.344 e. The fraction of sp³-hybridized carbons (Fsp3) is 0.188. The van der Waals surface area contributed by atoms with E-state index in [-0.39, 0.29) is 17.8 Å². The summed E-state index contributed by atoms with van der Waals surface area (Å²) in [7, 11) is 0. The minimum absolute atomic E-state index is 0.194. The van der Waals surface area contributed by atoms with Crippen molar-refractivity contribution in [3.63, 3.8) is 0 Å². The first-order valence-electron chi connectivity index (χ1n) is 6.69. The predicted molar refractivity (Wildman–Crippen MR) is 79.8 cm³/mol. The molecule has 0 aliphatic carbocycles. The number of amides is 1. The van der Waals surface area contributed by atoms with Crippen molar-refractivity contribution in [3.8, 4) is 0 Å². The van der Waals surface area contributed by atoms with Crippen LogP contribution in [0, 0.1) is 5.82 Å². The van der Waals surface area contributed by atoms with Gasteiger partial charge >= 0.3 is 0 Å². The fourth-order valence-electron chi connectivity index (χ4n) is 2.55. The molecular formula is C16H14ClFN2O. The van der Waals surface area contributed by atoms with Gasteiger partial charge in [0.15, 0.2) is 0 Å². The molecule has 1 heterocycles. The maximum atomic E-state index is 12.9. The third kappa shape index (κ3) is 2.91. The predicted octanol–water partition coefficient (Wildman–Crippen LogP) is 3.05. The molecule has 0 spiro atoms. The summed E-state index contributed by atoms with van der Waals surface area (Å²) in [6.07, 6.45) is 0. The van der Waals surface area contributed by atoms with Crippen molar-refractivity contribution in [1.29, 1.82) is 0 Å². The summed E-state index contributed by atoms with van der Waals surface area (Å²) in [5.74, 6) is -0.603. The third-order valence-corrected chi connectivity index (χ3v) is 3.90. The first kappa shape index (κ1) is 14.0. The minimum atomic E-state index is -0.362. The van der Waals surface area contributed by atoms with E-state index in [1.165, 1.54) is 24.3 Å². The zero-order valence-corrected chi connectivity index (χ0v) is 12.0. The molecule has 0 saturated carbocycles. The van der Waals surface area contributed by atoms with Crippen molar-refractivity contribution in [2.24, 2.45) is 0 Å². The van der Waals surface area contributed by atoms with Gasteiger partial charge < -0.3 is 10.6 Å². The minimum Gasteiger partial charge on any atom is -0.344 e. The van der Waals surface area contributed by atoms with Gasteiger partial charge in [0.2, 0.25) is 0 Å². The Morgan fingerprint density at radius 1 is 1.24 bits per heavy atom. The van der Waals surface area contributed by atoms with E-state index in [9.17, 15) is 9.18 Å². The number of benzene rings is 2. The van der Waals surface area contributed by atoms with E-state index < -0.39 is 0 Å². The molecule has 1 aliphatic heterocycles. The van der Waals surface area contributed by atoms with Crippen LogP contribution in [0.15, 0.2) is 42.5 Å². The summed E-state index contributed by atoms with van der Waals surface area (Å²) in [4.78, 5) is 12.2. The lowest BCUT2D eigenvalue weighted by molar-refractivity contribution is 0.0934. The van der Waals surface area contributed by atoms with E-state index >= 15 is 0 Å². The number of halogens is 2. The van der Waals surface area contributed by atoms with E-state index in [0.29, 0.717) is 17.1 Å².